The van der Waals surface area contributed by atoms with Crippen molar-refractivity contribution in [1.82, 2.24) is 9.29 Å². The zero-order chi connectivity index (χ0) is 24.8. The molecule has 0 aliphatic carbocycles. The van der Waals surface area contributed by atoms with Crippen LogP contribution in [-0.4, -0.2) is 66.9 Å². The van der Waals surface area contributed by atoms with Crippen LogP contribution in [0.15, 0.2) is 46.5 Å². The first-order valence-corrected chi connectivity index (χ1v) is 12.3. The lowest BCUT2D eigenvalue weighted by molar-refractivity contribution is -0.137. The van der Waals surface area contributed by atoms with E-state index in [4.69, 9.17) is 16.9 Å². The first kappa shape index (κ1) is 25.3. The summed E-state index contributed by atoms with van der Waals surface area (Å²) in [6.45, 7) is -2.84. The van der Waals surface area contributed by atoms with Crippen molar-refractivity contribution in [3.05, 3.63) is 52.7 Å². The van der Waals surface area contributed by atoms with Crippen molar-refractivity contribution in [3.63, 3.8) is 0 Å². The number of pyridine rings is 1. The fourth-order valence-electron chi connectivity index (χ4n) is 3.33. The van der Waals surface area contributed by atoms with E-state index in [1.807, 2.05) is 0 Å². The van der Waals surface area contributed by atoms with E-state index in [9.17, 15) is 40.2 Å². The van der Waals surface area contributed by atoms with Gasteiger partial charge in [-0.3, -0.25) is 0 Å². The van der Waals surface area contributed by atoms with E-state index in [2.05, 4.69) is 4.98 Å². The quantitative estimate of drug-likeness (QED) is 0.591. The van der Waals surface area contributed by atoms with E-state index in [0.29, 0.717) is 22.6 Å². The van der Waals surface area contributed by atoms with E-state index < -0.39 is 72.1 Å². The standard InChI is InChI=1S/C18H15ClF3N3O6S2/c19-13-5-11(6-23)1-3-14(13)33(30,31)25-8-15(17(27,9-25)10-26)32(28,29)16-4-2-12(7-24-16)18(20,21)22/h1-5,7,15,26-27H,8-10H2/t15-,17+/m0/s1. The lowest BCUT2D eigenvalue weighted by Gasteiger charge is -2.26. The second-order valence-electron chi connectivity index (χ2n) is 7.23. The number of nitriles is 1. The summed E-state index contributed by atoms with van der Waals surface area (Å²) in [5.41, 5.74) is -3.61. The SMILES string of the molecule is N#Cc1ccc(S(=O)(=O)N2C[C@H](S(=O)(=O)c3ccc(C(F)(F)F)cn3)[C@](O)(CO)C2)c(Cl)c1. The summed E-state index contributed by atoms with van der Waals surface area (Å²) in [6.07, 6.45) is -4.47. The molecule has 2 N–H and O–H groups in total. The maximum Gasteiger partial charge on any atom is 0.417 e. The number of sulfonamides is 1. The predicted molar refractivity (Wildman–Crippen MR) is 107 cm³/mol. The van der Waals surface area contributed by atoms with Crippen LogP contribution in [0.4, 0.5) is 13.2 Å². The molecule has 0 radical (unpaired) electrons. The molecule has 178 valence electrons. The maximum atomic E-state index is 13.1. The Morgan fingerprint density at radius 1 is 1.24 bits per heavy atom. The van der Waals surface area contributed by atoms with Crippen molar-refractivity contribution in [3.8, 4) is 6.07 Å². The smallest absolute Gasteiger partial charge is 0.393 e. The van der Waals surface area contributed by atoms with Crippen molar-refractivity contribution < 1.29 is 40.2 Å². The van der Waals surface area contributed by atoms with Gasteiger partial charge in [-0.05, 0) is 30.3 Å². The van der Waals surface area contributed by atoms with E-state index in [1.54, 1.807) is 6.07 Å². The molecule has 2 atom stereocenters. The first-order chi connectivity index (χ1) is 15.2. The van der Waals surface area contributed by atoms with Crippen LogP contribution in [0.3, 0.4) is 0 Å². The molecule has 1 saturated heterocycles. The number of aromatic nitrogens is 1. The molecular weight excluding hydrogens is 511 g/mol. The number of hydrogen-bond donors (Lipinski definition) is 2. The first-order valence-electron chi connectivity index (χ1n) is 8.97. The van der Waals surface area contributed by atoms with Gasteiger partial charge in [-0.2, -0.15) is 22.7 Å². The molecule has 1 aromatic carbocycles. The number of rotatable bonds is 5. The number of sulfone groups is 1. The number of hydrogen-bond acceptors (Lipinski definition) is 8. The minimum atomic E-state index is -4.76. The van der Waals surface area contributed by atoms with Gasteiger partial charge in [0.2, 0.25) is 19.9 Å². The van der Waals surface area contributed by atoms with Crippen LogP contribution in [-0.2, 0) is 26.0 Å². The number of benzene rings is 1. The van der Waals surface area contributed by atoms with Gasteiger partial charge >= 0.3 is 6.18 Å². The Labute approximate surface area is 191 Å². The number of halogens is 4. The molecule has 1 aliphatic heterocycles. The summed E-state index contributed by atoms with van der Waals surface area (Å²) in [4.78, 5) is 2.86. The lowest BCUT2D eigenvalue weighted by Crippen LogP contribution is -2.49. The summed E-state index contributed by atoms with van der Waals surface area (Å²) in [5.74, 6) is 0. The Kier molecular flexibility index (Phi) is 6.52. The largest absolute Gasteiger partial charge is 0.417 e. The molecule has 0 unspecified atom stereocenters. The molecule has 0 saturated carbocycles. The third kappa shape index (κ3) is 4.57. The van der Waals surface area contributed by atoms with Crippen LogP contribution in [0.25, 0.3) is 0 Å². The minimum absolute atomic E-state index is 0.0704. The number of alkyl halides is 3. The number of aliphatic hydroxyl groups is 2. The van der Waals surface area contributed by atoms with E-state index >= 15 is 0 Å². The predicted octanol–water partition coefficient (Wildman–Crippen LogP) is 1.20. The Morgan fingerprint density at radius 3 is 2.39 bits per heavy atom. The third-order valence-corrected chi connectivity index (χ3v) is 9.56. The molecule has 2 heterocycles. The molecular formula is C18H15ClF3N3O6S2. The second kappa shape index (κ2) is 8.49. The molecule has 0 bridgehead atoms. The number of nitrogens with zero attached hydrogens (tertiary/aromatic N) is 3. The van der Waals surface area contributed by atoms with Gasteiger partial charge in [0, 0.05) is 19.3 Å². The Balaban J connectivity index is 2.00. The van der Waals surface area contributed by atoms with Crippen LogP contribution >= 0.6 is 11.6 Å². The molecule has 2 aromatic rings. The van der Waals surface area contributed by atoms with Gasteiger partial charge in [-0.1, -0.05) is 11.6 Å². The highest BCUT2D eigenvalue weighted by molar-refractivity contribution is 7.92. The second-order valence-corrected chi connectivity index (χ2v) is 11.6. The molecule has 9 nitrogen and oxygen atoms in total. The molecule has 33 heavy (non-hydrogen) atoms. The van der Waals surface area contributed by atoms with Crippen LogP contribution < -0.4 is 0 Å². The highest BCUT2D eigenvalue weighted by atomic mass is 35.5. The molecule has 1 fully saturated rings. The molecule has 0 spiro atoms. The fraction of sp³-hybridized carbons (Fsp3) is 0.333. The highest BCUT2D eigenvalue weighted by Crippen LogP contribution is 2.36. The number of aliphatic hydroxyl groups excluding tert-OH is 1. The van der Waals surface area contributed by atoms with Gasteiger partial charge < -0.3 is 10.2 Å². The normalized spacial score (nSPS) is 22.3. The Bertz CT molecular complexity index is 1330. The van der Waals surface area contributed by atoms with Crippen molar-refractivity contribution in [2.24, 2.45) is 0 Å². The molecule has 1 aliphatic rings. The van der Waals surface area contributed by atoms with Gasteiger partial charge in [0.1, 0.15) is 15.7 Å². The zero-order valence-electron chi connectivity index (χ0n) is 16.4. The van der Waals surface area contributed by atoms with E-state index in [1.165, 1.54) is 6.07 Å². The Morgan fingerprint density at radius 2 is 1.91 bits per heavy atom. The summed E-state index contributed by atoms with van der Waals surface area (Å²) in [7, 11) is -9.18. The summed E-state index contributed by atoms with van der Waals surface area (Å²) >= 11 is 5.96. The number of β-amino-alcohol motifs (C(OH)–C–C–N with tert-alkyl or cyclic N) is 1. The van der Waals surface area contributed by atoms with Gasteiger partial charge in [-0.25, -0.2) is 21.8 Å². The summed E-state index contributed by atoms with van der Waals surface area (Å²) < 4.78 is 91.0. The lowest BCUT2D eigenvalue weighted by atomic mass is 10.1. The summed E-state index contributed by atoms with van der Waals surface area (Å²) in [5, 5.41) is 26.2. The molecule has 15 heteroatoms. The van der Waals surface area contributed by atoms with Crippen LogP contribution in [0, 0.1) is 11.3 Å². The third-order valence-electron chi connectivity index (χ3n) is 5.10. The average molecular weight is 526 g/mol. The van der Waals surface area contributed by atoms with Gasteiger partial charge in [-0.15, -0.1) is 0 Å². The van der Waals surface area contributed by atoms with Crippen LogP contribution in [0.2, 0.25) is 5.02 Å². The van der Waals surface area contributed by atoms with Gasteiger partial charge in [0.05, 0.1) is 28.8 Å². The zero-order valence-corrected chi connectivity index (χ0v) is 18.7. The van der Waals surface area contributed by atoms with Gasteiger partial charge in [0.25, 0.3) is 0 Å². The highest BCUT2D eigenvalue weighted by Gasteiger charge is 2.55. The van der Waals surface area contributed by atoms with Gasteiger partial charge in [0.15, 0.2) is 5.03 Å². The summed E-state index contributed by atoms with van der Waals surface area (Å²) in [6, 6.07) is 6.14. The fourth-order valence-corrected chi connectivity index (χ4v) is 7.31. The topological polar surface area (TPSA) is 149 Å². The molecule has 1 aromatic heterocycles. The van der Waals surface area contributed by atoms with Crippen molar-refractivity contribution in [2.45, 2.75) is 26.9 Å². The monoisotopic (exact) mass is 525 g/mol. The van der Waals surface area contributed by atoms with Crippen molar-refractivity contribution in [1.29, 1.82) is 5.26 Å². The van der Waals surface area contributed by atoms with Crippen LogP contribution in [0.1, 0.15) is 11.1 Å². The minimum Gasteiger partial charge on any atom is -0.393 e. The molecule has 3 rings (SSSR count). The van der Waals surface area contributed by atoms with Crippen LogP contribution in [0.5, 0.6) is 0 Å². The van der Waals surface area contributed by atoms with E-state index in [-0.39, 0.29) is 10.6 Å². The van der Waals surface area contributed by atoms with Crippen molar-refractivity contribution in [2.75, 3.05) is 19.7 Å². The Hall–Kier alpha value is -2.28. The van der Waals surface area contributed by atoms with E-state index in [0.717, 1.165) is 12.1 Å². The maximum absolute atomic E-state index is 13.1. The molecule has 0 amide bonds. The average Bonchev–Trinajstić information content (AvgIpc) is 3.12. The van der Waals surface area contributed by atoms with Crippen molar-refractivity contribution >= 4 is 31.5 Å².